The molecule has 9 heteroatoms. The van der Waals surface area contributed by atoms with Crippen molar-refractivity contribution in [3.63, 3.8) is 0 Å². The summed E-state index contributed by atoms with van der Waals surface area (Å²) in [5, 5.41) is -4.58. The summed E-state index contributed by atoms with van der Waals surface area (Å²) in [6.07, 6.45) is -2.29. The van der Waals surface area contributed by atoms with Crippen molar-refractivity contribution in [2.45, 2.75) is 25.2 Å². The molecule has 21 heavy (non-hydrogen) atoms. The first-order valence-corrected chi connectivity index (χ1v) is 8.30. The third-order valence-corrected chi connectivity index (χ3v) is 4.17. The van der Waals surface area contributed by atoms with Crippen LogP contribution in [0.15, 0.2) is 24.3 Å². The van der Waals surface area contributed by atoms with Crippen LogP contribution in [-0.4, -0.2) is 30.3 Å². The van der Waals surface area contributed by atoms with Crippen molar-refractivity contribution in [2.75, 3.05) is 0 Å². The molecular formula is C12H13F2IO5S. The lowest BCUT2D eigenvalue weighted by Crippen LogP contribution is -2.46. The number of carbonyl (C=O) groups is 1. The van der Waals surface area contributed by atoms with Gasteiger partial charge >= 0.3 is 21.3 Å². The summed E-state index contributed by atoms with van der Waals surface area (Å²) < 4.78 is 62.9. The molecule has 5 nitrogen and oxygen atoms in total. The van der Waals surface area contributed by atoms with Crippen molar-refractivity contribution >= 4 is 38.7 Å². The first kappa shape index (κ1) is 18.2. The first-order valence-electron chi connectivity index (χ1n) is 5.78. The largest absolute Gasteiger partial charge is 0.451 e. The lowest BCUT2D eigenvalue weighted by molar-refractivity contribution is -0.0821. The SMILES string of the molecule is CC(C)C(OC(=O)c1cccc(I)c1)C(F)(F)S(=O)(=O)O. The van der Waals surface area contributed by atoms with Gasteiger partial charge in [-0.1, -0.05) is 19.9 Å². The molecule has 1 aromatic carbocycles. The second-order valence-corrected chi connectivity index (χ2v) is 7.36. The van der Waals surface area contributed by atoms with Crippen LogP contribution < -0.4 is 0 Å². The Morgan fingerprint density at radius 3 is 2.38 bits per heavy atom. The van der Waals surface area contributed by atoms with Crippen molar-refractivity contribution < 1.29 is 31.3 Å². The molecule has 0 amide bonds. The van der Waals surface area contributed by atoms with Crippen LogP contribution in [0.25, 0.3) is 0 Å². The lowest BCUT2D eigenvalue weighted by Gasteiger charge is -2.27. The van der Waals surface area contributed by atoms with Gasteiger partial charge in [-0.05, 0) is 46.7 Å². The number of esters is 1. The number of carbonyl (C=O) groups excluding carboxylic acids is 1. The van der Waals surface area contributed by atoms with Gasteiger partial charge in [-0.2, -0.15) is 17.2 Å². The molecule has 1 N–H and O–H groups in total. The van der Waals surface area contributed by atoms with Gasteiger partial charge < -0.3 is 4.74 Å². The monoisotopic (exact) mass is 434 g/mol. The highest BCUT2D eigenvalue weighted by molar-refractivity contribution is 14.1. The van der Waals surface area contributed by atoms with Gasteiger partial charge in [0.25, 0.3) is 0 Å². The van der Waals surface area contributed by atoms with E-state index in [0.717, 1.165) is 0 Å². The van der Waals surface area contributed by atoms with Gasteiger partial charge in [0.15, 0.2) is 6.10 Å². The molecule has 1 unspecified atom stereocenters. The summed E-state index contributed by atoms with van der Waals surface area (Å²) in [6, 6.07) is 5.98. The molecular weight excluding hydrogens is 421 g/mol. The maximum atomic E-state index is 13.7. The summed E-state index contributed by atoms with van der Waals surface area (Å²) >= 11 is 1.92. The minimum atomic E-state index is -5.69. The third-order valence-electron chi connectivity index (χ3n) is 2.57. The predicted molar refractivity (Wildman–Crippen MR) is 79.7 cm³/mol. The average Bonchev–Trinajstić information content (AvgIpc) is 2.33. The van der Waals surface area contributed by atoms with Crippen LogP contribution in [-0.2, 0) is 14.9 Å². The lowest BCUT2D eigenvalue weighted by atomic mass is 10.1. The molecule has 118 valence electrons. The van der Waals surface area contributed by atoms with E-state index in [9.17, 15) is 22.0 Å². The summed E-state index contributed by atoms with van der Waals surface area (Å²) in [5.41, 5.74) is 0.0127. The van der Waals surface area contributed by atoms with Crippen LogP contribution in [0.5, 0.6) is 0 Å². The molecule has 0 saturated heterocycles. The van der Waals surface area contributed by atoms with E-state index in [1.54, 1.807) is 6.07 Å². The zero-order valence-electron chi connectivity index (χ0n) is 11.1. The molecule has 0 spiro atoms. The molecule has 0 aliphatic carbocycles. The maximum absolute atomic E-state index is 13.7. The molecule has 1 rings (SSSR count). The van der Waals surface area contributed by atoms with Crippen LogP contribution in [0.3, 0.4) is 0 Å². The van der Waals surface area contributed by atoms with E-state index >= 15 is 0 Å². The van der Waals surface area contributed by atoms with Crippen LogP contribution in [0, 0.1) is 9.49 Å². The highest BCUT2D eigenvalue weighted by Crippen LogP contribution is 2.32. The molecule has 0 aliphatic rings. The smallest absolute Gasteiger partial charge is 0.405 e. The van der Waals surface area contributed by atoms with Crippen molar-refractivity contribution in [1.29, 1.82) is 0 Å². The van der Waals surface area contributed by atoms with Gasteiger partial charge in [0.05, 0.1) is 5.56 Å². The van der Waals surface area contributed by atoms with Gasteiger partial charge in [-0.3, -0.25) is 4.55 Å². The van der Waals surface area contributed by atoms with Crippen LogP contribution in [0.2, 0.25) is 0 Å². The fourth-order valence-electron chi connectivity index (χ4n) is 1.54. The second-order valence-electron chi connectivity index (χ2n) is 4.62. The van der Waals surface area contributed by atoms with E-state index in [0.29, 0.717) is 3.57 Å². The molecule has 0 aromatic heterocycles. The van der Waals surface area contributed by atoms with Crippen molar-refractivity contribution in [3.05, 3.63) is 33.4 Å². The predicted octanol–water partition coefficient (Wildman–Crippen LogP) is 2.95. The Morgan fingerprint density at radius 2 is 1.95 bits per heavy atom. The number of hydrogen-bond donors (Lipinski definition) is 1. The van der Waals surface area contributed by atoms with E-state index in [1.807, 2.05) is 22.6 Å². The summed E-state index contributed by atoms with van der Waals surface area (Å²) in [7, 11) is -5.69. The van der Waals surface area contributed by atoms with Crippen LogP contribution in [0.1, 0.15) is 24.2 Å². The van der Waals surface area contributed by atoms with Crippen molar-refractivity contribution in [1.82, 2.24) is 0 Å². The molecule has 0 fully saturated rings. The number of hydrogen-bond acceptors (Lipinski definition) is 4. The molecule has 1 atom stereocenters. The molecule has 1 aromatic rings. The Hall–Kier alpha value is -0.810. The Kier molecular flexibility index (Phi) is 5.67. The van der Waals surface area contributed by atoms with E-state index in [4.69, 9.17) is 4.55 Å². The highest BCUT2D eigenvalue weighted by Gasteiger charge is 2.55. The fraction of sp³-hybridized carbons (Fsp3) is 0.417. The Balaban J connectivity index is 3.08. The van der Waals surface area contributed by atoms with Crippen LogP contribution >= 0.6 is 22.6 Å². The Morgan fingerprint density at radius 1 is 1.38 bits per heavy atom. The summed E-state index contributed by atoms with van der Waals surface area (Å²) in [5.74, 6) is -2.11. The topological polar surface area (TPSA) is 80.7 Å². The normalized spacial score (nSPS) is 14.0. The zero-order chi connectivity index (χ0) is 16.4. The van der Waals surface area contributed by atoms with Gasteiger partial charge in [-0.25, -0.2) is 4.79 Å². The minimum Gasteiger partial charge on any atom is -0.451 e. The Bertz CT molecular complexity index is 630. The van der Waals surface area contributed by atoms with E-state index < -0.39 is 33.4 Å². The molecule has 0 radical (unpaired) electrons. The number of ether oxygens (including phenoxy) is 1. The third kappa shape index (κ3) is 4.33. The molecule has 0 heterocycles. The van der Waals surface area contributed by atoms with Gasteiger partial charge in [0.2, 0.25) is 0 Å². The second kappa shape index (κ2) is 6.53. The van der Waals surface area contributed by atoms with E-state index in [-0.39, 0.29) is 5.56 Å². The van der Waals surface area contributed by atoms with Gasteiger partial charge in [0, 0.05) is 3.57 Å². The van der Waals surface area contributed by atoms with Crippen LogP contribution in [0.4, 0.5) is 8.78 Å². The minimum absolute atomic E-state index is 0.0127. The first-order chi connectivity index (χ1) is 9.46. The van der Waals surface area contributed by atoms with E-state index in [1.165, 1.54) is 32.0 Å². The fourth-order valence-corrected chi connectivity index (χ4v) is 2.70. The Labute approximate surface area is 134 Å². The average molecular weight is 434 g/mol. The standard InChI is InChI=1S/C12H13F2IO5S/c1-7(2)10(12(13,14)21(17,18)19)20-11(16)8-4-3-5-9(15)6-8/h3-7,10H,1-2H3,(H,17,18,19). The molecule has 0 aliphatic heterocycles. The number of benzene rings is 1. The van der Waals surface area contributed by atoms with Gasteiger partial charge in [-0.15, -0.1) is 0 Å². The maximum Gasteiger partial charge on any atom is 0.405 e. The quantitative estimate of drug-likeness (QED) is 0.438. The highest BCUT2D eigenvalue weighted by atomic mass is 127. The molecule has 0 saturated carbocycles. The van der Waals surface area contributed by atoms with E-state index in [2.05, 4.69) is 4.74 Å². The van der Waals surface area contributed by atoms with Crippen molar-refractivity contribution in [3.8, 4) is 0 Å². The number of halogens is 3. The number of rotatable bonds is 5. The summed E-state index contributed by atoms with van der Waals surface area (Å²) in [4.78, 5) is 11.9. The van der Waals surface area contributed by atoms with Crippen molar-refractivity contribution in [2.24, 2.45) is 5.92 Å². The summed E-state index contributed by atoms with van der Waals surface area (Å²) in [6.45, 7) is 2.51. The zero-order valence-corrected chi connectivity index (χ0v) is 14.1. The number of alkyl halides is 2. The molecule has 0 bridgehead atoms. The van der Waals surface area contributed by atoms with Gasteiger partial charge in [0.1, 0.15) is 0 Å².